The van der Waals surface area contributed by atoms with Crippen LogP contribution in [0.3, 0.4) is 0 Å². The molecule has 1 aromatic carbocycles. The molecule has 1 atom stereocenters. The second kappa shape index (κ2) is 6.21. The van der Waals surface area contributed by atoms with Gasteiger partial charge in [0.2, 0.25) is 0 Å². The van der Waals surface area contributed by atoms with Gasteiger partial charge >= 0.3 is 0 Å². The first kappa shape index (κ1) is 13.4. The molecular weight excluding hydrogens is 264 g/mol. The maximum Gasteiger partial charge on any atom is 0.167 e. The minimum absolute atomic E-state index is 0.474. The van der Waals surface area contributed by atoms with E-state index >= 15 is 0 Å². The van der Waals surface area contributed by atoms with Crippen LogP contribution in [0.1, 0.15) is 41.3 Å². The fraction of sp³-hybridized carbons (Fsp3) is 0.353. The molecule has 1 unspecified atom stereocenters. The van der Waals surface area contributed by atoms with Gasteiger partial charge in [0.25, 0.3) is 0 Å². The molecule has 0 aliphatic carbocycles. The first-order chi connectivity index (χ1) is 9.83. The Hall–Kier alpha value is -1.63. The smallest absolute Gasteiger partial charge is 0.167 e. The van der Waals surface area contributed by atoms with Crippen LogP contribution in [0.25, 0.3) is 0 Å². The van der Waals surface area contributed by atoms with Crippen molar-refractivity contribution in [3.63, 3.8) is 0 Å². The van der Waals surface area contributed by atoms with Crippen molar-refractivity contribution in [3.05, 3.63) is 52.0 Å². The van der Waals surface area contributed by atoms with Gasteiger partial charge in [0.15, 0.2) is 5.01 Å². The van der Waals surface area contributed by atoms with Gasteiger partial charge in [0.1, 0.15) is 0 Å². The molecule has 3 rings (SSSR count). The Morgan fingerprint density at radius 3 is 2.65 bits per heavy atom. The standard InChI is InChI=1S/C17H18N2S/c1-14(19-11-5-6-12-19)16-13-18-17(20-16)10-9-15-7-3-2-4-8-15/h2-4,7-8,13-14H,5-6,11-12H2,1H3. The Morgan fingerprint density at radius 2 is 1.90 bits per heavy atom. The minimum atomic E-state index is 0.474. The molecule has 1 aliphatic heterocycles. The molecule has 2 heterocycles. The van der Waals surface area contributed by atoms with Crippen molar-refractivity contribution in [2.24, 2.45) is 0 Å². The number of thiazole rings is 1. The van der Waals surface area contributed by atoms with Crippen LogP contribution < -0.4 is 0 Å². The molecule has 0 radical (unpaired) electrons. The van der Waals surface area contributed by atoms with Gasteiger partial charge in [-0.1, -0.05) is 24.1 Å². The van der Waals surface area contributed by atoms with Crippen molar-refractivity contribution < 1.29 is 0 Å². The monoisotopic (exact) mass is 282 g/mol. The zero-order valence-corrected chi connectivity index (χ0v) is 12.5. The number of rotatable bonds is 2. The van der Waals surface area contributed by atoms with Crippen LogP contribution in [0.2, 0.25) is 0 Å². The van der Waals surface area contributed by atoms with E-state index in [1.807, 2.05) is 36.5 Å². The van der Waals surface area contributed by atoms with E-state index in [9.17, 15) is 0 Å². The molecule has 0 N–H and O–H groups in total. The fourth-order valence-electron chi connectivity index (χ4n) is 2.49. The summed E-state index contributed by atoms with van der Waals surface area (Å²) < 4.78 is 0. The summed E-state index contributed by atoms with van der Waals surface area (Å²) in [7, 11) is 0. The van der Waals surface area contributed by atoms with Gasteiger partial charge in [-0.15, -0.1) is 11.3 Å². The van der Waals surface area contributed by atoms with Crippen LogP contribution in [0.15, 0.2) is 36.5 Å². The molecule has 0 amide bonds. The van der Waals surface area contributed by atoms with Gasteiger partial charge in [-0.3, -0.25) is 4.90 Å². The lowest BCUT2D eigenvalue weighted by Crippen LogP contribution is -2.22. The SMILES string of the molecule is CC(c1cnc(C#Cc2ccccc2)s1)N1CCCC1. The van der Waals surface area contributed by atoms with Gasteiger partial charge in [0.05, 0.1) is 0 Å². The molecule has 1 saturated heterocycles. The first-order valence-electron chi connectivity index (χ1n) is 7.10. The number of likely N-dealkylation sites (tertiary alicyclic amines) is 1. The topological polar surface area (TPSA) is 16.1 Å². The third-order valence-corrected chi connectivity index (χ3v) is 4.79. The predicted octanol–water partition coefficient (Wildman–Crippen LogP) is 3.70. The minimum Gasteiger partial charge on any atom is -0.296 e. The van der Waals surface area contributed by atoms with E-state index in [0.29, 0.717) is 6.04 Å². The maximum absolute atomic E-state index is 4.44. The normalized spacial score (nSPS) is 16.6. The third kappa shape index (κ3) is 3.09. The third-order valence-electron chi connectivity index (χ3n) is 3.71. The Bertz CT molecular complexity index is 615. The highest BCUT2D eigenvalue weighted by Gasteiger charge is 2.20. The molecule has 2 aromatic rings. The van der Waals surface area contributed by atoms with Crippen LogP contribution in [-0.4, -0.2) is 23.0 Å². The van der Waals surface area contributed by atoms with E-state index in [1.54, 1.807) is 11.3 Å². The highest BCUT2D eigenvalue weighted by molar-refractivity contribution is 7.12. The average molecular weight is 282 g/mol. The second-order valence-corrected chi connectivity index (χ2v) is 6.17. The lowest BCUT2D eigenvalue weighted by atomic mass is 10.2. The van der Waals surface area contributed by atoms with E-state index in [4.69, 9.17) is 0 Å². The van der Waals surface area contributed by atoms with Crippen molar-refractivity contribution in [1.82, 2.24) is 9.88 Å². The van der Waals surface area contributed by atoms with Crippen molar-refractivity contribution in [1.29, 1.82) is 0 Å². The van der Waals surface area contributed by atoms with Gasteiger partial charge in [-0.05, 0) is 50.9 Å². The van der Waals surface area contributed by atoms with Crippen LogP contribution in [0.5, 0.6) is 0 Å². The van der Waals surface area contributed by atoms with Crippen LogP contribution in [-0.2, 0) is 0 Å². The van der Waals surface area contributed by atoms with Crippen molar-refractivity contribution in [3.8, 4) is 11.8 Å². The van der Waals surface area contributed by atoms with Gasteiger partial charge in [0, 0.05) is 22.7 Å². The van der Waals surface area contributed by atoms with Crippen LogP contribution in [0.4, 0.5) is 0 Å². The summed E-state index contributed by atoms with van der Waals surface area (Å²) in [6.07, 6.45) is 4.64. The molecule has 1 aliphatic rings. The summed E-state index contributed by atoms with van der Waals surface area (Å²) in [5.74, 6) is 6.33. The second-order valence-electron chi connectivity index (χ2n) is 5.10. The van der Waals surface area contributed by atoms with E-state index in [-0.39, 0.29) is 0 Å². The highest BCUT2D eigenvalue weighted by Crippen LogP contribution is 2.28. The van der Waals surface area contributed by atoms with Crippen molar-refractivity contribution >= 4 is 11.3 Å². The van der Waals surface area contributed by atoms with Gasteiger partial charge < -0.3 is 0 Å². The first-order valence-corrected chi connectivity index (χ1v) is 7.91. The largest absolute Gasteiger partial charge is 0.296 e. The number of nitrogens with zero attached hydrogens (tertiary/aromatic N) is 2. The Labute approximate surface area is 124 Å². The average Bonchev–Trinajstić information content (AvgIpc) is 3.17. The molecule has 2 nitrogen and oxygen atoms in total. The molecule has 0 spiro atoms. The number of benzene rings is 1. The molecule has 1 fully saturated rings. The van der Waals surface area contributed by atoms with Gasteiger partial charge in [-0.25, -0.2) is 4.98 Å². The summed E-state index contributed by atoms with van der Waals surface area (Å²) in [6, 6.07) is 10.5. The van der Waals surface area contributed by atoms with Crippen molar-refractivity contribution in [2.45, 2.75) is 25.8 Å². The summed E-state index contributed by atoms with van der Waals surface area (Å²) in [5, 5.41) is 0.912. The molecule has 1 aromatic heterocycles. The van der Waals surface area contributed by atoms with Crippen LogP contribution >= 0.6 is 11.3 Å². The molecule has 102 valence electrons. The lowest BCUT2D eigenvalue weighted by Gasteiger charge is -2.21. The van der Waals surface area contributed by atoms with E-state index in [2.05, 4.69) is 28.6 Å². The van der Waals surface area contributed by atoms with E-state index in [1.165, 1.54) is 30.8 Å². The maximum atomic E-state index is 4.44. The van der Waals surface area contributed by atoms with E-state index < -0.39 is 0 Å². The molecular formula is C17H18N2S. The number of hydrogen-bond acceptors (Lipinski definition) is 3. The summed E-state index contributed by atoms with van der Waals surface area (Å²) >= 11 is 1.72. The fourth-order valence-corrected chi connectivity index (χ4v) is 3.35. The van der Waals surface area contributed by atoms with Gasteiger partial charge in [-0.2, -0.15) is 0 Å². The lowest BCUT2D eigenvalue weighted by molar-refractivity contribution is 0.266. The molecule has 0 saturated carbocycles. The zero-order chi connectivity index (χ0) is 13.8. The number of aromatic nitrogens is 1. The zero-order valence-electron chi connectivity index (χ0n) is 11.7. The predicted molar refractivity (Wildman–Crippen MR) is 83.8 cm³/mol. The van der Waals surface area contributed by atoms with Crippen molar-refractivity contribution in [2.75, 3.05) is 13.1 Å². The van der Waals surface area contributed by atoms with Crippen LogP contribution in [0, 0.1) is 11.8 Å². The Balaban J connectivity index is 1.72. The summed E-state index contributed by atoms with van der Waals surface area (Å²) in [4.78, 5) is 8.30. The molecule has 20 heavy (non-hydrogen) atoms. The molecule has 0 bridgehead atoms. The van der Waals surface area contributed by atoms with E-state index in [0.717, 1.165) is 10.6 Å². The Morgan fingerprint density at radius 1 is 1.15 bits per heavy atom. The summed E-state index contributed by atoms with van der Waals surface area (Å²) in [5.41, 5.74) is 1.04. The summed E-state index contributed by atoms with van der Waals surface area (Å²) in [6.45, 7) is 4.70. The Kier molecular flexibility index (Phi) is 4.15. The highest BCUT2D eigenvalue weighted by atomic mass is 32.1. The molecule has 3 heteroatoms. The number of hydrogen-bond donors (Lipinski definition) is 0. The quantitative estimate of drug-likeness (QED) is 0.781.